The molecule has 0 aliphatic carbocycles. The average Bonchev–Trinajstić information content (AvgIpc) is 2.86. The maximum absolute atomic E-state index is 11.2. The van der Waals surface area contributed by atoms with E-state index in [1.54, 1.807) is 0 Å². The van der Waals surface area contributed by atoms with Crippen LogP contribution in [-0.4, -0.2) is 54.0 Å². The summed E-state index contributed by atoms with van der Waals surface area (Å²) in [6.45, 7) is 4.61. The second kappa shape index (κ2) is 6.63. The highest BCUT2D eigenvalue weighted by Gasteiger charge is 2.24. The number of hydrogen-bond acceptors (Lipinski definition) is 7. The summed E-state index contributed by atoms with van der Waals surface area (Å²) < 4.78 is 15.7. The summed E-state index contributed by atoms with van der Waals surface area (Å²) in [4.78, 5) is 13.4. The number of morpholine rings is 1. The zero-order valence-corrected chi connectivity index (χ0v) is 11.3. The molecule has 19 heavy (non-hydrogen) atoms. The van der Waals surface area contributed by atoms with Gasteiger partial charge in [-0.05, 0) is 0 Å². The van der Waals surface area contributed by atoms with Crippen molar-refractivity contribution in [2.75, 3.05) is 26.8 Å². The molecule has 106 valence electrons. The monoisotopic (exact) mass is 269 g/mol. The molecule has 1 saturated heterocycles. The van der Waals surface area contributed by atoms with E-state index in [1.807, 2.05) is 6.92 Å². The van der Waals surface area contributed by atoms with Crippen molar-refractivity contribution in [2.24, 2.45) is 0 Å². The molecule has 1 atom stereocenters. The Morgan fingerprint density at radius 3 is 2.95 bits per heavy atom. The highest BCUT2D eigenvalue weighted by atomic mass is 16.5. The summed E-state index contributed by atoms with van der Waals surface area (Å²) in [7, 11) is 1.38. The zero-order valence-electron chi connectivity index (χ0n) is 11.3. The molecule has 1 aliphatic heterocycles. The third kappa shape index (κ3) is 4.00. The van der Waals surface area contributed by atoms with Gasteiger partial charge in [0.15, 0.2) is 0 Å². The first kappa shape index (κ1) is 14.0. The molecule has 0 spiro atoms. The topological polar surface area (TPSA) is 77.7 Å². The number of ether oxygens (including phenoxy) is 2. The maximum Gasteiger partial charge on any atom is 0.308 e. The summed E-state index contributed by atoms with van der Waals surface area (Å²) in [5.74, 6) is 1.00. The first-order valence-corrected chi connectivity index (χ1v) is 6.43. The van der Waals surface area contributed by atoms with E-state index in [2.05, 4.69) is 19.8 Å². The molecule has 0 radical (unpaired) electrons. The fourth-order valence-corrected chi connectivity index (χ4v) is 2.00. The van der Waals surface area contributed by atoms with Crippen LogP contribution in [0.3, 0.4) is 0 Å². The molecule has 0 bridgehead atoms. The van der Waals surface area contributed by atoms with Gasteiger partial charge in [0, 0.05) is 19.5 Å². The van der Waals surface area contributed by atoms with Crippen LogP contribution in [0, 0.1) is 0 Å². The lowest BCUT2D eigenvalue weighted by atomic mass is 10.2. The van der Waals surface area contributed by atoms with E-state index in [0.29, 0.717) is 31.5 Å². The number of carbonyl (C=O) groups is 1. The van der Waals surface area contributed by atoms with Crippen molar-refractivity contribution in [3.05, 3.63) is 11.8 Å². The van der Waals surface area contributed by atoms with Gasteiger partial charge in [0.2, 0.25) is 11.8 Å². The third-order valence-corrected chi connectivity index (χ3v) is 3.01. The molecule has 1 aromatic heterocycles. The first-order chi connectivity index (χ1) is 9.21. The molecule has 1 aliphatic rings. The SMILES string of the molecule is CCc1nnc(CN2CCOC(CC(=O)OC)C2)o1. The molecule has 2 heterocycles. The minimum atomic E-state index is -0.252. The predicted octanol–water partition coefficient (Wildman–Crippen LogP) is 0.396. The van der Waals surface area contributed by atoms with Gasteiger partial charge in [-0.15, -0.1) is 10.2 Å². The molecule has 1 fully saturated rings. The van der Waals surface area contributed by atoms with E-state index in [4.69, 9.17) is 9.15 Å². The van der Waals surface area contributed by atoms with Crippen molar-refractivity contribution in [2.45, 2.75) is 32.4 Å². The number of methoxy groups -OCH3 is 1. The summed E-state index contributed by atoms with van der Waals surface area (Å²) >= 11 is 0. The number of nitrogens with zero attached hydrogens (tertiary/aromatic N) is 3. The van der Waals surface area contributed by atoms with E-state index in [-0.39, 0.29) is 18.5 Å². The number of aromatic nitrogens is 2. The predicted molar refractivity (Wildman–Crippen MR) is 65.3 cm³/mol. The lowest BCUT2D eigenvalue weighted by Crippen LogP contribution is -2.42. The van der Waals surface area contributed by atoms with Crippen LogP contribution in [0.5, 0.6) is 0 Å². The first-order valence-electron chi connectivity index (χ1n) is 6.43. The number of hydrogen-bond donors (Lipinski definition) is 0. The third-order valence-electron chi connectivity index (χ3n) is 3.01. The zero-order chi connectivity index (χ0) is 13.7. The van der Waals surface area contributed by atoms with Crippen LogP contribution >= 0.6 is 0 Å². The summed E-state index contributed by atoms with van der Waals surface area (Å²) in [6.07, 6.45) is 0.882. The molecule has 1 aromatic rings. The normalized spacial score (nSPS) is 20.4. The molecular weight excluding hydrogens is 250 g/mol. The Morgan fingerprint density at radius 2 is 2.26 bits per heavy atom. The summed E-state index contributed by atoms with van der Waals surface area (Å²) in [5.41, 5.74) is 0. The summed E-state index contributed by atoms with van der Waals surface area (Å²) in [5, 5.41) is 7.92. The van der Waals surface area contributed by atoms with Gasteiger partial charge in [0.1, 0.15) is 0 Å². The summed E-state index contributed by atoms with van der Waals surface area (Å²) in [6, 6.07) is 0. The van der Waals surface area contributed by atoms with Crippen LogP contribution in [0.4, 0.5) is 0 Å². The molecule has 0 N–H and O–H groups in total. The lowest BCUT2D eigenvalue weighted by molar-refractivity contribution is -0.145. The molecule has 2 rings (SSSR count). The largest absolute Gasteiger partial charge is 0.469 e. The Balaban J connectivity index is 1.85. The van der Waals surface area contributed by atoms with E-state index in [1.165, 1.54) is 7.11 Å². The van der Waals surface area contributed by atoms with Crippen LogP contribution in [0.15, 0.2) is 4.42 Å². The van der Waals surface area contributed by atoms with Gasteiger partial charge in [-0.3, -0.25) is 9.69 Å². The van der Waals surface area contributed by atoms with Crippen molar-refractivity contribution >= 4 is 5.97 Å². The van der Waals surface area contributed by atoms with Gasteiger partial charge in [-0.1, -0.05) is 6.92 Å². The van der Waals surface area contributed by atoms with Crippen molar-refractivity contribution in [3.8, 4) is 0 Å². The molecular formula is C12H19N3O4. The fourth-order valence-electron chi connectivity index (χ4n) is 2.00. The van der Waals surface area contributed by atoms with Gasteiger partial charge >= 0.3 is 5.97 Å². The fraction of sp³-hybridized carbons (Fsp3) is 0.750. The Kier molecular flexibility index (Phi) is 4.86. The number of carbonyl (C=O) groups excluding carboxylic acids is 1. The Bertz CT molecular complexity index is 421. The van der Waals surface area contributed by atoms with Crippen LogP contribution in [-0.2, 0) is 27.2 Å². The van der Waals surface area contributed by atoms with Crippen molar-refractivity contribution in [1.82, 2.24) is 15.1 Å². The molecule has 7 heteroatoms. The second-order valence-corrected chi connectivity index (χ2v) is 4.45. The van der Waals surface area contributed by atoms with E-state index < -0.39 is 0 Å². The minimum absolute atomic E-state index is 0.130. The Morgan fingerprint density at radius 1 is 1.47 bits per heavy atom. The van der Waals surface area contributed by atoms with E-state index in [0.717, 1.165) is 13.0 Å². The highest BCUT2D eigenvalue weighted by Crippen LogP contribution is 2.12. The van der Waals surface area contributed by atoms with Crippen molar-refractivity contribution < 1.29 is 18.7 Å². The highest BCUT2D eigenvalue weighted by molar-refractivity contribution is 5.69. The minimum Gasteiger partial charge on any atom is -0.469 e. The van der Waals surface area contributed by atoms with Crippen molar-refractivity contribution in [1.29, 1.82) is 0 Å². The average molecular weight is 269 g/mol. The van der Waals surface area contributed by atoms with E-state index >= 15 is 0 Å². The number of esters is 1. The van der Waals surface area contributed by atoms with Gasteiger partial charge in [-0.25, -0.2) is 0 Å². The van der Waals surface area contributed by atoms with Crippen molar-refractivity contribution in [3.63, 3.8) is 0 Å². The quantitative estimate of drug-likeness (QED) is 0.716. The molecule has 0 aromatic carbocycles. The number of rotatable bonds is 5. The van der Waals surface area contributed by atoms with Gasteiger partial charge in [0.05, 0.1) is 32.8 Å². The van der Waals surface area contributed by atoms with Crippen LogP contribution in [0.25, 0.3) is 0 Å². The van der Waals surface area contributed by atoms with Crippen LogP contribution in [0.1, 0.15) is 25.1 Å². The van der Waals surface area contributed by atoms with Crippen LogP contribution in [0.2, 0.25) is 0 Å². The molecule has 0 amide bonds. The lowest BCUT2D eigenvalue weighted by Gasteiger charge is -2.31. The standard InChI is InChI=1S/C12H19N3O4/c1-3-10-13-14-11(19-10)8-15-4-5-18-9(7-15)6-12(16)17-2/h9H,3-8H2,1-2H3. The van der Waals surface area contributed by atoms with Gasteiger partial charge in [0.25, 0.3) is 0 Å². The van der Waals surface area contributed by atoms with E-state index in [9.17, 15) is 4.79 Å². The second-order valence-electron chi connectivity index (χ2n) is 4.45. The molecule has 0 saturated carbocycles. The van der Waals surface area contributed by atoms with Gasteiger partial charge in [-0.2, -0.15) is 0 Å². The molecule has 7 nitrogen and oxygen atoms in total. The maximum atomic E-state index is 11.2. The van der Waals surface area contributed by atoms with Crippen LogP contribution < -0.4 is 0 Å². The Hall–Kier alpha value is -1.47. The smallest absolute Gasteiger partial charge is 0.308 e. The Labute approximate surface area is 111 Å². The number of aryl methyl sites for hydroxylation is 1. The molecule has 1 unspecified atom stereocenters. The van der Waals surface area contributed by atoms with Gasteiger partial charge < -0.3 is 13.9 Å².